The number of alkyl halides is 2. The number of carboxylic acid groups (broad SMARTS) is 1. The van der Waals surface area contributed by atoms with Gasteiger partial charge in [0.2, 0.25) is 17.6 Å². The van der Waals surface area contributed by atoms with E-state index in [4.69, 9.17) is 5.11 Å². The van der Waals surface area contributed by atoms with E-state index in [1.807, 2.05) is 5.32 Å². The summed E-state index contributed by atoms with van der Waals surface area (Å²) in [4.78, 5) is 75.1. The van der Waals surface area contributed by atoms with Crippen LogP contribution >= 0.6 is 0 Å². The van der Waals surface area contributed by atoms with Gasteiger partial charge in [0.25, 0.3) is 5.91 Å². The molecule has 0 bridgehead atoms. The van der Waals surface area contributed by atoms with Crippen LogP contribution in [0, 0.1) is 11.8 Å². The van der Waals surface area contributed by atoms with E-state index in [1.165, 1.54) is 13.8 Å². The molecule has 1 aliphatic rings. The Morgan fingerprint density at radius 3 is 2.10 bits per heavy atom. The van der Waals surface area contributed by atoms with Crippen molar-refractivity contribution in [3.8, 4) is 0 Å². The maximum absolute atomic E-state index is 14.9. The zero-order valence-electron chi connectivity index (χ0n) is 22.2. The number of carboxylic acids is 1. The van der Waals surface area contributed by atoms with Gasteiger partial charge in [0.05, 0.1) is 6.04 Å². The highest BCUT2D eigenvalue weighted by molar-refractivity contribution is 6.32. The van der Waals surface area contributed by atoms with Crippen molar-refractivity contribution in [2.45, 2.75) is 71.1 Å². The first-order valence-electron chi connectivity index (χ1n) is 12.6. The molecule has 11 nitrogen and oxygen atoms in total. The normalized spacial score (nSPS) is 16.9. The number of hydrogen-bond donors (Lipinski definition) is 4. The number of aliphatic carboxylic acids is 1. The van der Waals surface area contributed by atoms with Gasteiger partial charge >= 0.3 is 17.8 Å². The van der Waals surface area contributed by atoms with Crippen LogP contribution in [0.25, 0.3) is 0 Å². The Morgan fingerprint density at radius 1 is 0.974 bits per heavy atom. The van der Waals surface area contributed by atoms with Crippen LogP contribution in [0.3, 0.4) is 0 Å². The van der Waals surface area contributed by atoms with Crippen LogP contribution in [0.1, 0.15) is 46.1 Å². The highest BCUT2D eigenvalue weighted by Gasteiger charge is 2.51. The molecular formula is C26H34F2N4O7. The third-order valence-corrected chi connectivity index (χ3v) is 6.39. The summed E-state index contributed by atoms with van der Waals surface area (Å²) in [6.07, 6.45) is 0.530. The summed E-state index contributed by atoms with van der Waals surface area (Å²) < 4.78 is 29.7. The van der Waals surface area contributed by atoms with Gasteiger partial charge in [-0.15, -0.1) is 0 Å². The minimum Gasteiger partial charge on any atom is -0.474 e. The zero-order chi connectivity index (χ0) is 29.5. The third kappa shape index (κ3) is 7.80. The second-order valence-electron chi connectivity index (χ2n) is 10.0. The van der Waals surface area contributed by atoms with Crippen molar-refractivity contribution in [3.63, 3.8) is 0 Å². The first-order chi connectivity index (χ1) is 18.2. The highest BCUT2D eigenvalue weighted by Crippen LogP contribution is 2.24. The molecule has 4 N–H and O–H groups in total. The molecule has 1 heterocycles. The molecule has 3 atom stereocenters. The fourth-order valence-corrected chi connectivity index (χ4v) is 4.18. The van der Waals surface area contributed by atoms with E-state index in [1.54, 1.807) is 44.2 Å². The Bertz CT molecular complexity index is 1100. The van der Waals surface area contributed by atoms with E-state index in [0.29, 0.717) is 12.0 Å². The van der Waals surface area contributed by atoms with Crippen molar-refractivity contribution < 1.29 is 42.7 Å². The molecule has 3 unspecified atom stereocenters. The van der Waals surface area contributed by atoms with Gasteiger partial charge in [-0.25, -0.2) is 4.79 Å². The molecule has 214 valence electrons. The molecule has 1 aromatic carbocycles. The SMILES string of the molecule is CC(C)C(NC(=O)C(=O)O)C(=O)N1CCCC1C(=O)NC(C(=O)C(F)(F)C(=O)NCc1ccccc1)C(C)C. The van der Waals surface area contributed by atoms with Gasteiger partial charge in [0.15, 0.2) is 0 Å². The summed E-state index contributed by atoms with van der Waals surface area (Å²) in [5.41, 5.74) is 0.549. The minimum atomic E-state index is -4.44. The van der Waals surface area contributed by atoms with E-state index in [2.05, 4.69) is 10.6 Å². The summed E-state index contributed by atoms with van der Waals surface area (Å²) in [5, 5.41) is 15.3. The molecule has 0 aromatic heterocycles. The lowest BCUT2D eigenvalue weighted by atomic mass is 9.94. The number of rotatable bonds is 11. The van der Waals surface area contributed by atoms with Crippen LogP contribution in [0.5, 0.6) is 0 Å². The quantitative estimate of drug-likeness (QED) is 0.234. The van der Waals surface area contributed by atoms with Gasteiger partial charge in [-0.2, -0.15) is 8.78 Å². The van der Waals surface area contributed by atoms with Gasteiger partial charge in [0.1, 0.15) is 12.1 Å². The van der Waals surface area contributed by atoms with E-state index in [9.17, 15) is 37.5 Å². The third-order valence-electron chi connectivity index (χ3n) is 6.39. The molecule has 1 aliphatic heterocycles. The standard InChI is InChI=1S/C26H34F2N4O7/c1-14(2)18(20(33)26(27,28)25(39)29-13-16-9-6-5-7-10-16)30-21(34)17-11-8-12-32(17)23(36)19(15(3)4)31-22(35)24(37)38/h5-7,9-10,14-15,17-19H,8,11-13H2,1-4H3,(H,29,39)(H,30,34)(H,31,35)(H,37,38). The summed E-state index contributed by atoms with van der Waals surface area (Å²) in [7, 11) is 0. The van der Waals surface area contributed by atoms with Crippen LogP contribution in [-0.2, 0) is 35.3 Å². The molecule has 4 amide bonds. The monoisotopic (exact) mass is 552 g/mol. The van der Waals surface area contributed by atoms with E-state index >= 15 is 0 Å². The number of carbonyl (C=O) groups excluding carboxylic acids is 5. The lowest BCUT2D eigenvalue weighted by Gasteiger charge is -2.32. The van der Waals surface area contributed by atoms with Crippen LogP contribution in [0.15, 0.2) is 30.3 Å². The Kier molecular flexibility index (Phi) is 10.6. The van der Waals surface area contributed by atoms with Gasteiger partial charge in [-0.3, -0.25) is 24.0 Å². The maximum atomic E-state index is 14.9. The molecule has 1 aromatic rings. The Hall–Kier alpha value is -3.90. The van der Waals surface area contributed by atoms with Crippen molar-refractivity contribution in [1.29, 1.82) is 0 Å². The van der Waals surface area contributed by atoms with Gasteiger partial charge in [-0.05, 0) is 30.2 Å². The number of carbonyl (C=O) groups is 6. The Labute approximate surface area is 224 Å². The number of nitrogens with one attached hydrogen (secondary N) is 3. The minimum absolute atomic E-state index is 0.0986. The molecule has 1 fully saturated rings. The van der Waals surface area contributed by atoms with Gasteiger partial charge in [-0.1, -0.05) is 58.0 Å². The van der Waals surface area contributed by atoms with E-state index in [-0.39, 0.29) is 19.5 Å². The molecule has 13 heteroatoms. The number of nitrogens with zero attached hydrogens (tertiary/aromatic N) is 1. The first-order valence-corrected chi connectivity index (χ1v) is 12.6. The predicted octanol–water partition coefficient (Wildman–Crippen LogP) is 0.864. The average molecular weight is 553 g/mol. The number of benzene rings is 1. The van der Waals surface area contributed by atoms with Gasteiger partial charge in [0, 0.05) is 13.1 Å². The Morgan fingerprint density at radius 2 is 1.56 bits per heavy atom. The molecule has 2 rings (SSSR count). The Balaban J connectivity index is 2.15. The maximum Gasteiger partial charge on any atom is 0.394 e. The van der Waals surface area contributed by atoms with Crippen molar-refractivity contribution in [3.05, 3.63) is 35.9 Å². The van der Waals surface area contributed by atoms with Crippen LogP contribution in [-0.4, -0.2) is 76.0 Å². The molecule has 0 saturated carbocycles. The van der Waals surface area contributed by atoms with E-state index < -0.39 is 71.3 Å². The summed E-state index contributed by atoms with van der Waals surface area (Å²) >= 11 is 0. The number of halogens is 2. The van der Waals surface area contributed by atoms with Crippen LogP contribution in [0.4, 0.5) is 8.78 Å². The van der Waals surface area contributed by atoms with Crippen molar-refractivity contribution in [2.24, 2.45) is 11.8 Å². The number of ketones is 1. The van der Waals surface area contributed by atoms with Crippen LogP contribution < -0.4 is 16.0 Å². The van der Waals surface area contributed by atoms with Crippen molar-refractivity contribution >= 4 is 35.4 Å². The lowest BCUT2D eigenvalue weighted by molar-refractivity contribution is -0.161. The van der Waals surface area contributed by atoms with Crippen molar-refractivity contribution in [2.75, 3.05) is 6.54 Å². The molecule has 0 aliphatic carbocycles. The molecule has 0 spiro atoms. The second kappa shape index (κ2) is 13.3. The second-order valence-corrected chi connectivity index (χ2v) is 10.0. The molecular weight excluding hydrogens is 518 g/mol. The van der Waals surface area contributed by atoms with Crippen molar-refractivity contribution in [1.82, 2.24) is 20.9 Å². The lowest BCUT2D eigenvalue weighted by Crippen LogP contribution is -2.60. The number of likely N-dealkylation sites (tertiary alicyclic amines) is 1. The largest absolute Gasteiger partial charge is 0.474 e. The summed E-state index contributed by atoms with van der Waals surface area (Å²) in [6, 6.07) is 4.14. The number of hydrogen-bond acceptors (Lipinski definition) is 6. The van der Waals surface area contributed by atoms with Gasteiger partial charge < -0.3 is 26.0 Å². The highest BCUT2D eigenvalue weighted by atomic mass is 19.3. The van der Waals surface area contributed by atoms with Crippen LogP contribution in [0.2, 0.25) is 0 Å². The molecule has 39 heavy (non-hydrogen) atoms. The van der Waals surface area contributed by atoms with E-state index in [0.717, 1.165) is 4.90 Å². The summed E-state index contributed by atoms with van der Waals surface area (Å²) in [6.45, 7) is 5.88. The smallest absolute Gasteiger partial charge is 0.394 e. The average Bonchev–Trinajstić information content (AvgIpc) is 3.38. The topological polar surface area (TPSA) is 162 Å². The number of amides is 4. The fraction of sp³-hybridized carbons (Fsp3) is 0.538. The number of Topliss-reactive ketones (excluding diaryl/α,β-unsaturated/α-hetero) is 1. The molecule has 1 saturated heterocycles. The fourth-order valence-electron chi connectivity index (χ4n) is 4.18. The first kappa shape index (κ1) is 31.3. The predicted molar refractivity (Wildman–Crippen MR) is 134 cm³/mol. The molecule has 0 radical (unpaired) electrons. The summed E-state index contributed by atoms with van der Waals surface area (Å²) in [5.74, 6) is -14.1. The zero-order valence-corrected chi connectivity index (χ0v) is 22.2.